The third-order valence-corrected chi connectivity index (χ3v) is 7.73. The van der Waals surface area contributed by atoms with Gasteiger partial charge in [0.05, 0.1) is 6.54 Å². The maximum absolute atomic E-state index is 13.1. The molecule has 1 atom stereocenters. The van der Waals surface area contributed by atoms with Gasteiger partial charge in [-0.3, -0.25) is 4.79 Å². The lowest BCUT2D eigenvalue weighted by Crippen LogP contribution is -2.32. The van der Waals surface area contributed by atoms with Gasteiger partial charge in [0.2, 0.25) is 0 Å². The van der Waals surface area contributed by atoms with Crippen molar-refractivity contribution < 1.29 is 19.4 Å². The highest BCUT2D eigenvalue weighted by molar-refractivity contribution is 6.12. The van der Waals surface area contributed by atoms with Crippen molar-refractivity contribution in [1.29, 1.82) is 0 Å². The zero-order chi connectivity index (χ0) is 31.4. The summed E-state index contributed by atoms with van der Waals surface area (Å²) in [5.41, 5.74) is 6.00. The van der Waals surface area contributed by atoms with Gasteiger partial charge in [-0.2, -0.15) is 0 Å². The van der Waals surface area contributed by atoms with E-state index in [9.17, 15) is 14.7 Å². The zero-order valence-corrected chi connectivity index (χ0v) is 25.4. The first kappa shape index (κ1) is 31.1. The van der Waals surface area contributed by atoms with Crippen LogP contribution < -0.4 is 15.0 Å². The molecular formula is C39H38N2O4. The minimum atomic E-state index is -0.997. The Hall–Kier alpha value is -5.36. The third kappa shape index (κ3) is 8.61. The van der Waals surface area contributed by atoms with E-state index >= 15 is 0 Å². The summed E-state index contributed by atoms with van der Waals surface area (Å²) in [6.45, 7) is 4.14. The summed E-state index contributed by atoms with van der Waals surface area (Å²) >= 11 is 0. The Morgan fingerprint density at radius 1 is 0.756 bits per heavy atom. The largest absolute Gasteiger partial charge is 0.492 e. The molecule has 0 fully saturated rings. The Morgan fingerprint density at radius 3 is 2.13 bits per heavy atom. The second-order valence-corrected chi connectivity index (χ2v) is 10.9. The normalized spacial score (nSPS) is 11.4. The molecule has 0 amide bonds. The fraction of sp³-hybridized carbons (Fsp3) is 0.179. The molecule has 0 spiro atoms. The summed E-state index contributed by atoms with van der Waals surface area (Å²) < 4.78 is 6.13. The van der Waals surface area contributed by atoms with Crippen LogP contribution >= 0.6 is 0 Å². The van der Waals surface area contributed by atoms with E-state index in [-0.39, 0.29) is 12.2 Å². The second-order valence-electron chi connectivity index (χ2n) is 10.9. The molecule has 0 heterocycles. The molecule has 2 N–H and O–H groups in total. The molecule has 228 valence electrons. The highest BCUT2D eigenvalue weighted by Gasteiger charge is 2.21. The second kappa shape index (κ2) is 15.4. The molecule has 45 heavy (non-hydrogen) atoms. The molecule has 0 radical (unpaired) electrons. The number of benzene rings is 5. The average molecular weight is 599 g/mol. The number of carbonyl (C=O) groups is 2. The molecule has 0 saturated carbocycles. The van der Waals surface area contributed by atoms with Gasteiger partial charge in [0.15, 0.2) is 5.78 Å². The van der Waals surface area contributed by atoms with Gasteiger partial charge in [0.1, 0.15) is 18.4 Å². The fourth-order valence-corrected chi connectivity index (χ4v) is 5.25. The van der Waals surface area contributed by atoms with E-state index in [4.69, 9.17) is 4.74 Å². The molecule has 5 aromatic carbocycles. The van der Waals surface area contributed by atoms with E-state index in [1.807, 2.05) is 48.5 Å². The first-order chi connectivity index (χ1) is 22.0. The van der Waals surface area contributed by atoms with Crippen LogP contribution in [-0.4, -0.2) is 36.1 Å². The van der Waals surface area contributed by atoms with E-state index in [0.717, 1.165) is 30.0 Å². The van der Waals surface area contributed by atoms with Gasteiger partial charge in [-0.15, -0.1) is 0 Å². The number of nitrogens with one attached hydrogen (secondary N) is 1. The number of para-hydroxylation sites is 1. The minimum Gasteiger partial charge on any atom is -0.492 e. The average Bonchev–Trinajstić information content (AvgIpc) is 3.09. The van der Waals surface area contributed by atoms with E-state index in [0.29, 0.717) is 30.0 Å². The molecule has 0 aliphatic heterocycles. The van der Waals surface area contributed by atoms with Crippen LogP contribution in [0.25, 0.3) is 0 Å². The molecule has 5 rings (SSSR count). The van der Waals surface area contributed by atoms with Crippen molar-refractivity contribution in [1.82, 2.24) is 0 Å². The van der Waals surface area contributed by atoms with E-state index < -0.39 is 12.0 Å². The molecule has 0 aliphatic carbocycles. The number of carboxylic acids is 1. The maximum Gasteiger partial charge on any atom is 0.326 e. The molecule has 0 saturated heterocycles. The van der Waals surface area contributed by atoms with Gasteiger partial charge < -0.3 is 20.1 Å². The van der Waals surface area contributed by atoms with Gasteiger partial charge in [-0.25, -0.2) is 4.79 Å². The quantitative estimate of drug-likeness (QED) is 0.120. The lowest BCUT2D eigenvalue weighted by molar-refractivity contribution is -0.137. The van der Waals surface area contributed by atoms with Crippen LogP contribution in [0.5, 0.6) is 5.75 Å². The van der Waals surface area contributed by atoms with Crippen LogP contribution in [0.15, 0.2) is 133 Å². The number of hydrogen-bond donors (Lipinski definition) is 2. The predicted molar refractivity (Wildman–Crippen MR) is 180 cm³/mol. The summed E-state index contributed by atoms with van der Waals surface area (Å²) in [4.78, 5) is 27.7. The minimum absolute atomic E-state index is 0.162. The number of aryl methyl sites for hydroxylation is 1. The number of ketones is 1. The SMILES string of the molecule is CCc1cccc(N(CCOc2ccc(C[C@H](Nc3ccccc3C(=O)c3ccccc3)C(=O)O)cc2)Cc2ccccc2)c1. The van der Waals surface area contributed by atoms with Crippen LogP contribution in [0.4, 0.5) is 11.4 Å². The number of carbonyl (C=O) groups excluding carboxylic acids is 1. The van der Waals surface area contributed by atoms with Crippen molar-refractivity contribution in [2.24, 2.45) is 0 Å². The Labute approximate surface area is 264 Å². The van der Waals surface area contributed by atoms with Gasteiger partial charge >= 0.3 is 5.97 Å². The molecule has 0 bridgehead atoms. The first-order valence-electron chi connectivity index (χ1n) is 15.3. The van der Waals surface area contributed by atoms with Crippen LogP contribution in [-0.2, 0) is 24.2 Å². The van der Waals surface area contributed by atoms with Crippen LogP contribution in [0.3, 0.4) is 0 Å². The van der Waals surface area contributed by atoms with Crippen molar-refractivity contribution in [3.05, 3.63) is 161 Å². The van der Waals surface area contributed by atoms with Gasteiger partial charge in [-0.1, -0.05) is 104 Å². The number of nitrogens with zero attached hydrogens (tertiary/aromatic N) is 1. The lowest BCUT2D eigenvalue weighted by Gasteiger charge is -2.25. The van der Waals surface area contributed by atoms with E-state index in [1.54, 1.807) is 36.4 Å². The highest BCUT2D eigenvalue weighted by Crippen LogP contribution is 2.23. The van der Waals surface area contributed by atoms with Crippen molar-refractivity contribution in [3.63, 3.8) is 0 Å². The van der Waals surface area contributed by atoms with Crippen molar-refractivity contribution in [2.45, 2.75) is 32.4 Å². The standard InChI is InChI=1S/C39H38N2O4/c1-2-29-14-11-17-33(26-29)41(28-31-12-5-3-6-13-31)24-25-45-34-22-20-30(21-23-34)27-37(39(43)44)40-36-19-10-9-18-35(36)38(42)32-15-7-4-8-16-32/h3-23,26,37,40H,2,24-25,27-28H2,1H3,(H,43,44)/t37-/m0/s1. The van der Waals surface area contributed by atoms with Gasteiger partial charge in [0.25, 0.3) is 0 Å². The van der Waals surface area contributed by atoms with Crippen molar-refractivity contribution in [3.8, 4) is 5.75 Å². The molecule has 6 nitrogen and oxygen atoms in total. The Balaban J connectivity index is 1.21. The predicted octanol–water partition coefficient (Wildman–Crippen LogP) is 7.67. The number of anilines is 2. The molecule has 0 unspecified atom stereocenters. The monoisotopic (exact) mass is 598 g/mol. The summed E-state index contributed by atoms with van der Waals surface area (Å²) in [6, 6.07) is 41.6. The fourth-order valence-electron chi connectivity index (χ4n) is 5.25. The number of rotatable bonds is 15. The number of ether oxygens (including phenoxy) is 1. The summed E-state index contributed by atoms with van der Waals surface area (Å²) in [5, 5.41) is 13.1. The van der Waals surface area contributed by atoms with Crippen molar-refractivity contribution in [2.75, 3.05) is 23.4 Å². The number of carboxylic acid groups (broad SMARTS) is 1. The highest BCUT2D eigenvalue weighted by atomic mass is 16.5. The molecule has 5 aromatic rings. The Kier molecular flexibility index (Phi) is 10.6. The number of aliphatic carboxylic acids is 1. The topological polar surface area (TPSA) is 78.9 Å². The van der Waals surface area contributed by atoms with Crippen LogP contribution in [0.1, 0.15) is 39.5 Å². The molecule has 0 aromatic heterocycles. The van der Waals surface area contributed by atoms with E-state index in [2.05, 4.69) is 65.7 Å². The van der Waals surface area contributed by atoms with Gasteiger partial charge in [0, 0.05) is 35.5 Å². The van der Waals surface area contributed by atoms with Crippen molar-refractivity contribution >= 4 is 23.1 Å². The molecule has 6 heteroatoms. The third-order valence-electron chi connectivity index (χ3n) is 7.73. The van der Waals surface area contributed by atoms with Crippen LogP contribution in [0.2, 0.25) is 0 Å². The number of hydrogen-bond acceptors (Lipinski definition) is 5. The summed E-state index contributed by atoms with van der Waals surface area (Å²) in [6.07, 6.45) is 1.22. The van der Waals surface area contributed by atoms with E-state index in [1.165, 1.54) is 11.1 Å². The molecular weight excluding hydrogens is 560 g/mol. The van der Waals surface area contributed by atoms with Gasteiger partial charge in [-0.05, 0) is 59.5 Å². The zero-order valence-electron chi connectivity index (χ0n) is 25.4. The lowest BCUT2D eigenvalue weighted by atomic mass is 10.00. The summed E-state index contributed by atoms with van der Waals surface area (Å²) in [7, 11) is 0. The first-order valence-corrected chi connectivity index (χ1v) is 15.3. The summed E-state index contributed by atoms with van der Waals surface area (Å²) in [5.74, 6) is -0.438. The Morgan fingerprint density at radius 2 is 1.42 bits per heavy atom. The maximum atomic E-state index is 13.1. The smallest absolute Gasteiger partial charge is 0.326 e. The molecule has 0 aliphatic rings. The Bertz CT molecular complexity index is 1690. The van der Waals surface area contributed by atoms with Crippen LogP contribution in [0, 0.1) is 0 Å².